The first-order valence-corrected chi connectivity index (χ1v) is 6.33. The Morgan fingerprint density at radius 3 is 2.47 bits per heavy atom. The summed E-state index contributed by atoms with van der Waals surface area (Å²) >= 11 is 5.56. The topological polar surface area (TPSA) is 12.0 Å². The van der Waals surface area contributed by atoms with Crippen molar-refractivity contribution in [3.63, 3.8) is 0 Å². The lowest BCUT2D eigenvalue weighted by Crippen LogP contribution is -2.24. The van der Waals surface area contributed by atoms with Crippen LogP contribution in [0, 0.1) is 17.6 Å². The van der Waals surface area contributed by atoms with Crippen molar-refractivity contribution in [3.8, 4) is 0 Å². The average Bonchev–Trinajstić information content (AvgIpc) is 2.80. The molecule has 0 heterocycles. The predicted octanol–water partition coefficient (Wildman–Crippen LogP) is 4.07. The van der Waals surface area contributed by atoms with Crippen LogP contribution in [0.1, 0.15) is 37.3 Å². The summed E-state index contributed by atoms with van der Waals surface area (Å²) in [6.45, 7) is 0. The van der Waals surface area contributed by atoms with Crippen LogP contribution < -0.4 is 5.32 Å². The highest BCUT2D eigenvalue weighted by Gasteiger charge is 2.27. The minimum absolute atomic E-state index is 0.121. The Bertz CT molecular complexity index is 403. The molecule has 1 aliphatic rings. The lowest BCUT2D eigenvalue weighted by atomic mass is 9.91. The Balaban J connectivity index is 2.32. The van der Waals surface area contributed by atoms with Crippen molar-refractivity contribution in [1.82, 2.24) is 5.32 Å². The zero-order chi connectivity index (χ0) is 12.4. The fourth-order valence-corrected chi connectivity index (χ4v) is 2.86. The van der Waals surface area contributed by atoms with E-state index in [9.17, 15) is 8.78 Å². The van der Waals surface area contributed by atoms with E-state index in [-0.39, 0.29) is 11.1 Å². The van der Waals surface area contributed by atoms with Gasteiger partial charge < -0.3 is 5.32 Å². The van der Waals surface area contributed by atoms with Gasteiger partial charge in [-0.2, -0.15) is 0 Å². The van der Waals surface area contributed by atoms with Gasteiger partial charge in [-0.3, -0.25) is 0 Å². The molecule has 1 aromatic carbocycles. The molecule has 0 spiro atoms. The third-order valence-corrected chi connectivity index (χ3v) is 3.85. The van der Waals surface area contributed by atoms with E-state index in [0.717, 1.165) is 18.9 Å². The molecule has 1 atom stereocenters. The Kier molecular flexibility index (Phi) is 4.00. The van der Waals surface area contributed by atoms with Crippen LogP contribution in [0.2, 0.25) is 5.02 Å². The smallest absolute Gasteiger partial charge is 0.142 e. The maximum atomic E-state index is 13.8. The molecule has 0 aliphatic heterocycles. The second kappa shape index (κ2) is 5.32. The predicted molar refractivity (Wildman–Crippen MR) is 65.1 cm³/mol. The molecule has 1 nitrogen and oxygen atoms in total. The molecule has 0 bridgehead atoms. The van der Waals surface area contributed by atoms with Gasteiger partial charge >= 0.3 is 0 Å². The molecule has 2 rings (SSSR count). The van der Waals surface area contributed by atoms with E-state index < -0.39 is 11.6 Å². The van der Waals surface area contributed by atoms with Crippen LogP contribution in [0.4, 0.5) is 8.78 Å². The maximum Gasteiger partial charge on any atom is 0.142 e. The number of hydrogen-bond donors (Lipinski definition) is 1. The van der Waals surface area contributed by atoms with Crippen molar-refractivity contribution in [2.75, 3.05) is 7.05 Å². The van der Waals surface area contributed by atoms with Gasteiger partial charge in [-0.05, 0) is 37.9 Å². The van der Waals surface area contributed by atoms with E-state index in [4.69, 9.17) is 11.6 Å². The number of halogens is 3. The average molecular weight is 260 g/mol. The van der Waals surface area contributed by atoms with Crippen molar-refractivity contribution in [2.24, 2.45) is 5.92 Å². The molecule has 0 radical (unpaired) electrons. The Morgan fingerprint density at radius 2 is 1.88 bits per heavy atom. The fraction of sp³-hybridized carbons (Fsp3) is 0.538. The van der Waals surface area contributed by atoms with Crippen LogP contribution in [0.3, 0.4) is 0 Å². The van der Waals surface area contributed by atoms with Gasteiger partial charge in [-0.1, -0.05) is 24.4 Å². The fourth-order valence-electron chi connectivity index (χ4n) is 2.71. The van der Waals surface area contributed by atoms with Crippen molar-refractivity contribution in [3.05, 3.63) is 34.4 Å². The Morgan fingerprint density at radius 1 is 1.24 bits per heavy atom. The molecule has 1 aromatic rings. The summed E-state index contributed by atoms with van der Waals surface area (Å²) in [5, 5.41) is 2.94. The maximum absolute atomic E-state index is 13.8. The molecule has 1 unspecified atom stereocenters. The molecule has 0 amide bonds. The number of benzene rings is 1. The summed E-state index contributed by atoms with van der Waals surface area (Å²) in [5.41, 5.74) is 0.390. The van der Waals surface area contributed by atoms with Gasteiger partial charge in [0.1, 0.15) is 11.6 Å². The van der Waals surface area contributed by atoms with Gasteiger partial charge in [0, 0.05) is 11.6 Å². The minimum atomic E-state index is -0.554. The molecule has 0 saturated heterocycles. The minimum Gasteiger partial charge on any atom is -0.313 e. The van der Waals surface area contributed by atoms with Gasteiger partial charge in [0.05, 0.1) is 5.02 Å². The van der Waals surface area contributed by atoms with E-state index in [1.54, 1.807) is 7.05 Å². The molecule has 1 saturated carbocycles. The SMILES string of the molecule is CNC(c1cc(F)c(Cl)cc1F)C1CCCC1. The van der Waals surface area contributed by atoms with Crippen molar-refractivity contribution >= 4 is 11.6 Å². The molecule has 1 aliphatic carbocycles. The Hall–Kier alpha value is -0.670. The van der Waals surface area contributed by atoms with Crippen molar-refractivity contribution in [1.29, 1.82) is 0 Å². The summed E-state index contributed by atoms with van der Waals surface area (Å²) < 4.78 is 27.2. The standard InChI is InChI=1S/C13H16ClF2N/c1-17-13(8-4-2-3-5-8)9-6-12(16)10(14)7-11(9)15/h6-8,13,17H,2-5H2,1H3. The molecule has 1 N–H and O–H groups in total. The highest BCUT2D eigenvalue weighted by Crippen LogP contribution is 2.37. The molecule has 94 valence electrons. The van der Waals surface area contributed by atoms with Crippen LogP contribution in [0.25, 0.3) is 0 Å². The van der Waals surface area contributed by atoms with Gasteiger partial charge in [0.15, 0.2) is 0 Å². The normalized spacial score (nSPS) is 18.6. The lowest BCUT2D eigenvalue weighted by Gasteiger charge is -2.24. The van der Waals surface area contributed by atoms with E-state index >= 15 is 0 Å². The van der Waals surface area contributed by atoms with Crippen LogP contribution >= 0.6 is 11.6 Å². The van der Waals surface area contributed by atoms with E-state index in [1.165, 1.54) is 18.9 Å². The van der Waals surface area contributed by atoms with Crippen LogP contribution in [0.15, 0.2) is 12.1 Å². The molecular weight excluding hydrogens is 244 g/mol. The summed E-state index contributed by atoms with van der Waals surface area (Å²) in [6.07, 6.45) is 4.46. The molecular formula is C13H16ClF2N. The summed E-state index contributed by atoms with van der Waals surface area (Å²) in [7, 11) is 1.79. The largest absolute Gasteiger partial charge is 0.313 e. The molecule has 4 heteroatoms. The van der Waals surface area contributed by atoms with Gasteiger partial charge in [-0.25, -0.2) is 8.78 Å². The first-order chi connectivity index (χ1) is 8.13. The monoisotopic (exact) mass is 259 g/mol. The molecule has 0 aromatic heterocycles. The highest BCUT2D eigenvalue weighted by atomic mass is 35.5. The number of hydrogen-bond acceptors (Lipinski definition) is 1. The van der Waals surface area contributed by atoms with Gasteiger partial charge in [0.2, 0.25) is 0 Å². The number of rotatable bonds is 3. The van der Waals surface area contributed by atoms with E-state index in [2.05, 4.69) is 5.32 Å². The van der Waals surface area contributed by atoms with Gasteiger partial charge in [0.25, 0.3) is 0 Å². The van der Waals surface area contributed by atoms with Crippen LogP contribution in [-0.2, 0) is 0 Å². The van der Waals surface area contributed by atoms with E-state index in [1.807, 2.05) is 0 Å². The third kappa shape index (κ3) is 2.61. The zero-order valence-corrected chi connectivity index (χ0v) is 10.5. The summed E-state index contributed by atoms with van der Waals surface area (Å²) in [5.74, 6) is -0.598. The van der Waals surface area contributed by atoms with Crippen molar-refractivity contribution < 1.29 is 8.78 Å². The highest BCUT2D eigenvalue weighted by molar-refractivity contribution is 6.30. The van der Waals surface area contributed by atoms with Crippen LogP contribution in [-0.4, -0.2) is 7.05 Å². The quantitative estimate of drug-likeness (QED) is 0.807. The first-order valence-electron chi connectivity index (χ1n) is 5.95. The summed E-state index contributed by atoms with van der Waals surface area (Å²) in [4.78, 5) is 0. The second-order valence-electron chi connectivity index (χ2n) is 4.60. The molecule has 17 heavy (non-hydrogen) atoms. The summed E-state index contributed by atoms with van der Waals surface area (Å²) in [6, 6.07) is 2.16. The Labute approximate surface area is 105 Å². The third-order valence-electron chi connectivity index (χ3n) is 3.56. The first kappa shape index (κ1) is 12.8. The molecule has 1 fully saturated rings. The number of nitrogens with one attached hydrogen (secondary N) is 1. The lowest BCUT2D eigenvalue weighted by molar-refractivity contribution is 0.376. The second-order valence-corrected chi connectivity index (χ2v) is 5.01. The van der Waals surface area contributed by atoms with Crippen molar-refractivity contribution in [2.45, 2.75) is 31.7 Å². The van der Waals surface area contributed by atoms with E-state index in [0.29, 0.717) is 11.5 Å². The van der Waals surface area contributed by atoms with Crippen LogP contribution in [0.5, 0.6) is 0 Å². The van der Waals surface area contributed by atoms with Gasteiger partial charge in [-0.15, -0.1) is 0 Å². The zero-order valence-electron chi connectivity index (χ0n) is 9.77.